The van der Waals surface area contributed by atoms with Gasteiger partial charge in [-0.15, -0.1) is 0 Å². The first kappa shape index (κ1) is 22.3. The number of hydrogen-bond acceptors (Lipinski definition) is 4. The van der Waals surface area contributed by atoms with Gasteiger partial charge in [-0.05, 0) is 18.1 Å². The third-order valence-corrected chi connectivity index (χ3v) is 4.45. The van der Waals surface area contributed by atoms with Crippen molar-refractivity contribution in [3.05, 3.63) is 53.7 Å². The Balaban J connectivity index is 0.000000263. The topological polar surface area (TPSA) is 60.9 Å². The van der Waals surface area contributed by atoms with Crippen molar-refractivity contribution in [3.63, 3.8) is 0 Å². The lowest BCUT2D eigenvalue weighted by Crippen LogP contribution is -2.23. The maximum Gasteiger partial charge on any atom is 0.287 e. The smallest absolute Gasteiger partial charge is 0.287 e. The van der Waals surface area contributed by atoms with Gasteiger partial charge >= 0.3 is 0 Å². The summed E-state index contributed by atoms with van der Waals surface area (Å²) in [6.07, 6.45) is 14.0. The highest BCUT2D eigenvalue weighted by Gasteiger charge is 2.06. The highest BCUT2D eigenvalue weighted by Crippen LogP contribution is 2.09. The molecule has 1 aromatic rings. The molecule has 0 saturated heterocycles. The van der Waals surface area contributed by atoms with E-state index in [1.807, 2.05) is 6.07 Å². The molecule has 1 aliphatic rings. The van der Waals surface area contributed by atoms with Gasteiger partial charge in [0.25, 0.3) is 10.1 Å². The zero-order valence-corrected chi connectivity index (χ0v) is 16.7. The summed E-state index contributed by atoms with van der Waals surface area (Å²) in [7, 11) is -1.88. The maximum atomic E-state index is 10.3. The summed E-state index contributed by atoms with van der Waals surface area (Å²) in [5.74, 6) is 0. The van der Waals surface area contributed by atoms with Crippen molar-refractivity contribution < 1.29 is 13.0 Å². The Labute approximate surface area is 158 Å². The molecule has 0 amide bonds. The van der Waals surface area contributed by atoms with Gasteiger partial charge in [0.05, 0.1) is 12.1 Å². The van der Waals surface area contributed by atoms with Gasteiger partial charge in [0.15, 0.2) is 0 Å². The van der Waals surface area contributed by atoms with Crippen LogP contribution in [0, 0.1) is 0 Å². The van der Waals surface area contributed by atoms with E-state index in [1.54, 1.807) is 24.3 Å². The lowest BCUT2D eigenvalue weighted by molar-refractivity contribution is 0.290. The largest absolute Gasteiger partial charge is 0.362 e. The first-order valence-electron chi connectivity index (χ1n) is 9.24. The summed E-state index contributed by atoms with van der Waals surface area (Å²) in [4.78, 5) is 4.61. The van der Waals surface area contributed by atoms with Gasteiger partial charge in [0, 0.05) is 26.0 Å². The number of unbranched alkanes of at least 4 members (excludes halogenated alkanes) is 5. The van der Waals surface area contributed by atoms with Gasteiger partial charge in [0.1, 0.15) is 0 Å². The summed E-state index contributed by atoms with van der Waals surface area (Å²) in [5, 5.41) is 0.752. The van der Waals surface area contributed by atoms with Crippen LogP contribution in [0.3, 0.4) is 0 Å². The van der Waals surface area contributed by atoms with Crippen LogP contribution in [0.5, 0.6) is 0 Å². The lowest BCUT2D eigenvalue weighted by Gasteiger charge is -2.17. The average molecular weight is 381 g/mol. The normalized spacial score (nSPS) is 14.0. The summed E-state index contributed by atoms with van der Waals surface area (Å²) >= 11 is 0. The zero-order chi connectivity index (χ0) is 19.3. The van der Waals surface area contributed by atoms with Crippen LogP contribution in [0.25, 0.3) is 6.08 Å². The first-order valence-corrected chi connectivity index (χ1v) is 10.7. The van der Waals surface area contributed by atoms with Gasteiger partial charge in [0.2, 0.25) is 0 Å². The van der Waals surface area contributed by atoms with Gasteiger partial charge in [-0.1, -0.05) is 69.4 Å². The molecule has 0 unspecified atom stereocenters. The Kier molecular flexibility index (Phi) is 10.7. The number of rotatable bonds is 9. The van der Waals surface area contributed by atoms with Crippen molar-refractivity contribution in [2.45, 2.75) is 45.4 Å². The molecule has 1 aromatic carbocycles. The van der Waals surface area contributed by atoms with Crippen molar-refractivity contribution in [1.29, 1.82) is 0 Å². The molecular formula is C20H32N2O3S. The molecule has 0 bridgehead atoms. The third kappa shape index (κ3) is 11.7. The van der Waals surface area contributed by atoms with Crippen LogP contribution in [0.2, 0.25) is 0 Å². The fourth-order valence-electron chi connectivity index (χ4n) is 2.56. The average Bonchev–Trinajstić information content (AvgIpc) is 3.02. The molecule has 1 heterocycles. The number of benzene rings is 1. The maximum absolute atomic E-state index is 10.3. The SMILES string of the molecule is CCCCCCCCN1C=CN(C)C1.O=S(=O)(O)C=Cc1ccccc1. The summed E-state index contributed by atoms with van der Waals surface area (Å²) in [6, 6.07) is 8.86. The lowest BCUT2D eigenvalue weighted by atomic mass is 10.1. The fraction of sp³-hybridized carbons (Fsp3) is 0.500. The molecule has 0 aromatic heterocycles. The minimum Gasteiger partial charge on any atom is -0.362 e. The van der Waals surface area contributed by atoms with Crippen LogP contribution in [0.15, 0.2) is 48.1 Å². The van der Waals surface area contributed by atoms with Crippen LogP contribution in [0.1, 0.15) is 51.0 Å². The molecule has 26 heavy (non-hydrogen) atoms. The van der Waals surface area contributed by atoms with Gasteiger partial charge in [-0.25, -0.2) is 0 Å². The van der Waals surface area contributed by atoms with E-state index in [9.17, 15) is 8.42 Å². The molecule has 146 valence electrons. The van der Waals surface area contributed by atoms with Gasteiger partial charge < -0.3 is 9.80 Å². The fourth-order valence-corrected chi connectivity index (χ4v) is 2.89. The second kappa shape index (κ2) is 12.5. The van der Waals surface area contributed by atoms with E-state index in [0.29, 0.717) is 0 Å². The Morgan fingerprint density at radius 2 is 1.69 bits per heavy atom. The van der Waals surface area contributed by atoms with E-state index in [2.05, 4.69) is 36.2 Å². The molecule has 2 rings (SSSR count). The van der Waals surface area contributed by atoms with Crippen LogP contribution < -0.4 is 0 Å². The molecule has 0 atom stereocenters. The van der Waals surface area contributed by atoms with E-state index in [1.165, 1.54) is 51.1 Å². The summed E-state index contributed by atoms with van der Waals surface area (Å²) in [6.45, 7) is 4.58. The highest BCUT2D eigenvalue weighted by molar-refractivity contribution is 7.88. The number of nitrogens with zero attached hydrogens (tertiary/aromatic N) is 2. The van der Waals surface area contributed by atoms with E-state index < -0.39 is 10.1 Å². The molecule has 0 aliphatic carbocycles. The quantitative estimate of drug-likeness (QED) is 0.502. The minimum absolute atomic E-state index is 0.732. The molecule has 0 radical (unpaired) electrons. The predicted octanol–water partition coefficient (Wildman–Crippen LogP) is 4.57. The van der Waals surface area contributed by atoms with Crippen molar-refractivity contribution in [1.82, 2.24) is 9.80 Å². The molecule has 6 heteroatoms. The van der Waals surface area contributed by atoms with Crippen LogP contribution in [0.4, 0.5) is 0 Å². The second-order valence-electron chi connectivity index (χ2n) is 6.51. The molecule has 1 aliphatic heterocycles. The van der Waals surface area contributed by atoms with Crippen LogP contribution >= 0.6 is 0 Å². The monoisotopic (exact) mass is 380 g/mol. The first-order chi connectivity index (χ1) is 12.4. The second-order valence-corrected chi connectivity index (χ2v) is 7.81. The van der Waals surface area contributed by atoms with E-state index >= 15 is 0 Å². The Morgan fingerprint density at radius 3 is 2.27 bits per heavy atom. The van der Waals surface area contributed by atoms with E-state index in [4.69, 9.17) is 4.55 Å². The molecule has 0 fully saturated rings. The van der Waals surface area contributed by atoms with Crippen molar-refractivity contribution in [3.8, 4) is 0 Å². The van der Waals surface area contributed by atoms with Crippen LogP contribution in [-0.2, 0) is 10.1 Å². The number of hydrogen-bond donors (Lipinski definition) is 1. The molecule has 1 N–H and O–H groups in total. The molecule has 5 nitrogen and oxygen atoms in total. The van der Waals surface area contributed by atoms with Gasteiger partial charge in [-0.3, -0.25) is 4.55 Å². The Hall–Kier alpha value is -1.79. The zero-order valence-electron chi connectivity index (χ0n) is 15.9. The predicted molar refractivity (Wildman–Crippen MR) is 109 cm³/mol. The van der Waals surface area contributed by atoms with E-state index in [0.717, 1.165) is 17.6 Å². The Morgan fingerprint density at radius 1 is 1.04 bits per heavy atom. The van der Waals surface area contributed by atoms with Crippen molar-refractivity contribution in [2.75, 3.05) is 20.3 Å². The Bertz CT molecular complexity index is 642. The van der Waals surface area contributed by atoms with Crippen molar-refractivity contribution in [2.24, 2.45) is 0 Å². The third-order valence-electron chi connectivity index (χ3n) is 3.97. The highest BCUT2D eigenvalue weighted by atomic mass is 32.2. The standard InChI is InChI=1S/C12H24N2.C8H8O3S/c1-3-4-5-6-7-8-9-14-11-10-13(2)12-14;9-12(10,11)7-6-8-4-2-1-3-5-8/h10-11H,3-9,12H2,1-2H3;1-7H,(H,9,10,11). The summed E-state index contributed by atoms with van der Waals surface area (Å²) in [5.41, 5.74) is 0.732. The summed E-state index contributed by atoms with van der Waals surface area (Å²) < 4.78 is 28.9. The van der Waals surface area contributed by atoms with Crippen LogP contribution in [-0.4, -0.2) is 43.0 Å². The van der Waals surface area contributed by atoms with Crippen molar-refractivity contribution >= 4 is 16.2 Å². The van der Waals surface area contributed by atoms with E-state index in [-0.39, 0.29) is 0 Å². The van der Waals surface area contributed by atoms with Gasteiger partial charge in [-0.2, -0.15) is 8.42 Å². The minimum atomic E-state index is -4.00. The molecule has 0 saturated carbocycles. The molecule has 0 spiro atoms. The molecular weight excluding hydrogens is 348 g/mol.